The summed E-state index contributed by atoms with van der Waals surface area (Å²) in [5.74, 6) is 1.14. The first-order chi connectivity index (χ1) is 20.4. The topological polar surface area (TPSA) is 79.9 Å². The summed E-state index contributed by atoms with van der Waals surface area (Å²) in [6.07, 6.45) is 4.28. The number of hydrogen-bond donors (Lipinski definition) is 2. The van der Waals surface area contributed by atoms with Gasteiger partial charge in [0.05, 0.1) is 6.61 Å². The molecule has 1 aliphatic rings. The van der Waals surface area contributed by atoms with Crippen LogP contribution in [0.3, 0.4) is 0 Å². The number of amides is 2. The van der Waals surface area contributed by atoms with Crippen molar-refractivity contribution in [3.8, 4) is 11.5 Å². The fourth-order valence-electron chi connectivity index (χ4n) is 5.02. The van der Waals surface area contributed by atoms with E-state index >= 15 is 0 Å². The number of carbonyl (C=O) groups is 2. The Bertz CT molecular complexity index is 1300. The Morgan fingerprint density at radius 2 is 1.72 bits per heavy atom. The number of rotatable bonds is 14. The summed E-state index contributed by atoms with van der Waals surface area (Å²) in [6.45, 7) is 7.15. The normalized spacial score (nSPS) is 14.7. The van der Waals surface area contributed by atoms with Gasteiger partial charge in [-0.05, 0) is 98.2 Å². The fraction of sp³-hybridized carbons (Fsp3) is 0.429. The van der Waals surface area contributed by atoms with Gasteiger partial charge in [0.2, 0.25) is 5.91 Å². The average Bonchev–Trinajstić information content (AvgIpc) is 3.22. The lowest BCUT2D eigenvalue weighted by atomic mass is 10.1. The second-order valence-corrected chi connectivity index (χ2v) is 11.2. The minimum Gasteiger partial charge on any atom is -0.493 e. The number of halogens is 1. The van der Waals surface area contributed by atoms with E-state index < -0.39 is 6.04 Å². The zero-order chi connectivity index (χ0) is 29.7. The van der Waals surface area contributed by atoms with Gasteiger partial charge in [-0.15, -0.1) is 0 Å². The standard InChI is InChI=1S/C34H42ClN3O4.CH4/c1-3-20-41-32-16-11-28(21-25(32)2)23-38(31-6-4-5-18-37-34(31)40)33(39)24-42-30-14-9-27(10-15-30)22-36-19-17-26-7-12-29(35)13-8-26;/h7-16,21,31,36H,3-6,17-20,22-24H2,1-2H3,(H,37,40);1H4/t31-;/m0./s1. The van der Waals surface area contributed by atoms with Crippen LogP contribution in [0.2, 0.25) is 5.02 Å². The maximum atomic E-state index is 13.5. The molecule has 0 radical (unpaired) electrons. The molecule has 0 saturated carbocycles. The van der Waals surface area contributed by atoms with Gasteiger partial charge in [0, 0.05) is 24.7 Å². The summed E-state index contributed by atoms with van der Waals surface area (Å²) in [5.41, 5.74) is 4.33. The van der Waals surface area contributed by atoms with Crippen LogP contribution in [-0.2, 0) is 29.1 Å². The van der Waals surface area contributed by atoms with Gasteiger partial charge >= 0.3 is 0 Å². The van der Waals surface area contributed by atoms with Crippen LogP contribution >= 0.6 is 11.6 Å². The van der Waals surface area contributed by atoms with Crippen LogP contribution in [0, 0.1) is 6.92 Å². The van der Waals surface area contributed by atoms with Gasteiger partial charge in [-0.3, -0.25) is 9.59 Å². The quantitative estimate of drug-likeness (QED) is 0.205. The Labute approximate surface area is 261 Å². The fourth-order valence-corrected chi connectivity index (χ4v) is 5.15. The minimum absolute atomic E-state index is 0. The largest absolute Gasteiger partial charge is 0.493 e. The second-order valence-electron chi connectivity index (χ2n) is 10.8. The van der Waals surface area contributed by atoms with Crippen molar-refractivity contribution in [2.24, 2.45) is 0 Å². The average molecular weight is 608 g/mol. The number of aryl methyl sites for hydroxylation is 1. The van der Waals surface area contributed by atoms with E-state index in [9.17, 15) is 9.59 Å². The van der Waals surface area contributed by atoms with E-state index in [1.54, 1.807) is 4.90 Å². The molecule has 7 nitrogen and oxygen atoms in total. The first-order valence-electron chi connectivity index (χ1n) is 14.9. The van der Waals surface area contributed by atoms with Crippen LogP contribution in [0.1, 0.15) is 62.3 Å². The monoisotopic (exact) mass is 607 g/mol. The van der Waals surface area contributed by atoms with Crippen molar-refractivity contribution < 1.29 is 19.1 Å². The number of carbonyl (C=O) groups excluding carboxylic acids is 2. The van der Waals surface area contributed by atoms with Crippen LogP contribution in [0.25, 0.3) is 0 Å². The summed E-state index contributed by atoms with van der Waals surface area (Å²) < 4.78 is 11.7. The summed E-state index contributed by atoms with van der Waals surface area (Å²) in [6, 6.07) is 21.1. The molecular formula is C35H46ClN3O4. The van der Waals surface area contributed by atoms with Crippen molar-refractivity contribution in [3.63, 3.8) is 0 Å². The number of nitrogens with one attached hydrogen (secondary N) is 2. The molecule has 1 fully saturated rings. The second kappa shape index (κ2) is 17.5. The van der Waals surface area contributed by atoms with Crippen molar-refractivity contribution in [2.75, 3.05) is 26.3 Å². The lowest BCUT2D eigenvalue weighted by Crippen LogP contribution is -2.49. The smallest absolute Gasteiger partial charge is 0.261 e. The van der Waals surface area contributed by atoms with Crippen LogP contribution in [0.5, 0.6) is 11.5 Å². The van der Waals surface area contributed by atoms with Crippen LogP contribution in [0.15, 0.2) is 66.7 Å². The summed E-state index contributed by atoms with van der Waals surface area (Å²) in [5, 5.41) is 7.17. The Hall–Kier alpha value is -3.55. The third kappa shape index (κ3) is 10.6. The molecule has 3 aromatic carbocycles. The van der Waals surface area contributed by atoms with Crippen molar-refractivity contribution in [3.05, 3.63) is 94.0 Å². The van der Waals surface area contributed by atoms with Crippen LogP contribution < -0.4 is 20.1 Å². The van der Waals surface area contributed by atoms with Gasteiger partial charge in [-0.25, -0.2) is 0 Å². The zero-order valence-corrected chi connectivity index (χ0v) is 25.4. The lowest BCUT2D eigenvalue weighted by molar-refractivity contribution is -0.142. The van der Waals surface area contributed by atoms with E-state index in [0.717, 1.165) is 66.2 Å². The zero-order valence-electron chi connectivity index (χ0n) is 24.7. The lowest BCUT2D eigenvalue weighted by Gasteiger charge is -2.30. The van der Waals surface area contributed by atoms with E-state index in [2.05, 4.69) is 17.6 Å². The molecule has 43 heavy (non-hydrogen) atoms. The highest BCUT2D eigenvalue weighted by molar-refractivity contribution is 6.30. The molecular weight excluding hydrogens is 562 g/mol. The molecule has 0 unspecified atom stereocenters. The third-order valence-electron chi connectivity index (χ3n) is 7.38. The van der Waals surface area contributed by atoms with Crippen LogP contribution in [0.4, 0.5) is 0 Å². The maximum Gasteiger partial charge on any atom is 0.261 e. The van der Waals surface area contributed by atoms with Gasteiger partial charge in [0.15, 0.2) is 6.61 Å². The Morgan fingerprint density at radius 1 is 1.00 bits per heavy atom. The van der Waals surface area contributed by atoms with Gasteiger partial charge in [0.1, 0.15) is 17.5 Å². The van der Waals surface area contributed by atoms with Gasteiger partial charge in [-0.2, -0.15) is 0 Å². The van der Waals surface area contributed by atoms with Crippen molar-refractivity contribution in [2.45, 2.75) is 72.5 Å². The van der Waals surface area contributed by atoms with E-state index in [4.69, 9.17) is 21.1 Å². The van der Waals surface area contributed by atoms with E-state index in [1.807, 2.05) is 73.7 Å². The van der Waals surface area contributed by atoms with E-state index in [-0.39, 0.29) is 25.8 Å². The molecule has 0 aromatic heterocycles. The number of ether oxygens (including phenoxy) is 2. The number of nitrogens with zero attached hydrogens (tertiary/aromatic N) is 1. The number of hydrogen-bond acceptors (Lipinski definition) is 5. The molecule has 0 spiro atoms. The molecule has 8 heteroatoms. The molecule has 2 N–H and O–H groups in total. The van der Waals surface area contributed by atoms with Crippen LogP contribution in [-0.4, -0.2) is 49.1 Å². The minimum atomic E-state index is -0.527. The van der Waals surface area contributed by atoms with E-state index in [1.165, 1.54) is 5.56 Å². The SMILES string of the molecule is C.CCCOc1ccc(CN(C(=O)COc2ccc(CNCCc3ccc(Cl)cc3)cc2)[C@H]2CCCCNC2=O)cc1C. The molecule has 0 aliphatic carbocycles. The summed E-state index contributed by atoms with van der Waals surface area (Å²) >= 11 is 5.96. The van der Waals surface area contributed by atoms with Gasteiger partial charge in [-0.1, -0.05) is 62.3 Å². The Balaban J connectivity index is 0.00000506. The summed E-state index contributed by atoms with van der Waals surface area (Å²) in [4.78, 5) is 28.1. The van der Waals surface area contributed by atoms with Crippen molar-refractivity contribution >= 4 is 23.4 Å². The number of benzene rings is 3. The van der Waals surface area contributed by atoms with Crippen molar-refractivity contribution in [1.29, 1.82) is 0 Å². The molecule has 1 heterocycles. The predicted octanol–water partition coefficient (Wildman–Crippen LogP) is 6.48. The highest BCUT2D eigenvalue weighted by Crippen LogP contribution is 2.23. The van der Waals surface area contributed by atoms with Gasteiger partial charge in [0.25, 0.3) is 5.91 Å². The molecule has 2 amide bonds. The van der Waals surface area contributed by atoms with Gasteiger partial charge < -0.3 is 25.0 Å². The molecule has 232 valence electrons. The highest BCUT2D eigenvalue weighted by atomic mass is 35.5. The predicted molar refractivity (Wildman–Crippen MR) is 174 cm³/mol. The molecule has 1 aliphatic heterocycles. The Kier molecular flexibility index (Phi) is 13.8. The Morgan fingerprint density at radius 3 is 2.44 bits per heavy atom. The molecule has 4 rings (SSSR count). The molecule has 0 bridgehead atoms. The first-order valence-corrected chi connectivity index (χ1v) is 15.3. The van der Waals surface area contributed by atoms with Crippen molar-refractivity contribution in [1.82, 2.24) is 15.5 Å². The molecule has 1 atom stereocenters. The first kappa shape index (κ1) is 33.9. The maximum absolute atomic E-state index is 13.5. The molecule has 1 saturated heterocycles. The summed E-state index contributed by atoms with van der Waals surface area (Å²) in [7, 11) is 0. The molecule has 3 aromatic rings. The third-order valence-corrected chi connectivity index (χ3v) is 7.63. The highest BCUT2D eigenvalue weighted by Gasteiger charge is 2.31. The van der Waals surface area contributed by atoms with E-state index in [0.29, 0.717) is 31.9 Å².